The molecule has 0 aliphatic carbocycles. The van der Waals surface area contributed by atoms with Crippen LogP contribution in [0, 0.1) is 5.82 Å². The number of benzene rings is 2. The van der Waals surface area contributed by atoms with E-state index in [9.17, 15) is 14.3 Å². The van der Waals surface area contributed by atoms with E-state index < -0.39 is 11.4 Å². The fourth-order valence-electron chi connectivity index (χ4n) is 2.87. The molecule has 0 unspecified atom stereocenters. The summed E-state index contributed by atoms with van der Waals surface area (Å²) >= 11 is 12.5. The molecule has 0 aliphatic rings. The third-order valence-electron chi connectivity index (χ3n) is 4.15. The molecule has 0 saturated heterocycles. The third kappa shape index (κ3) is 3.42. The standard InChI is InChI=1S/C19H17Cl2FN2O3/c1-3-23-18(21)17(19(26)24(23)4-2)11-9-16(12(20)10-13(11)22)27-15-8-6-5-7-14(15)25/h5-10,25H,3-4H2,1-2H3. The third-order valence-corrected chi connectivity index (χ3v) is 4.83. The number of rotatable bonds is 5. The number of nitrogens with zero attached hydrogens (tertiary/aromatic N) is 2. The van der Waals surface area contributed by atoms with Gasteiger partial charge in [-0.05, 0) is 38.1 Å². The number of halogens is 3. The first-order valence-corrected chi connectivity index (χ1v) is 9.08. The average molecular weight is 411 g/mol. The zero-order valence-electron chi connectivity index (χ0n) is 14.7. The van der Waals surface area contributed by atoms with Crippen LogP contribution in [0.1, 0.15) is 13.8 Å². The maximum atomic E-state index is 14.6. The van der Waals surface area contributed by atoms with Gasteiger partial charge in [0.25, 0.3) is 5.56 Å². The van der Waals surface area contributed by atoms with Gasteiger partial charge in [-0.15, -0.1) is 0 Å². The van der Waals surface area contributed by atoms with Crippen LogP contribution in [-0.4, -0.2) is 14.5 Å². The molecule has 5 nitrogen and oxygen atoms in total. The number of aromatic nitrogens is 2. The van der Waals surface area contributed by atoms with E-state index in [1.54, 1.807) is 29.8 Å². The minimum absolute atomic E-state index is 0.00127. The molecular weight excluding hydrogens is 394 g/mol. The second kappa shape index (κ2) is 7.66. The summed E-state index contributed by atoms with van der Waals surface area (Å²) in [5, 5.41) is 10.0. The van der Waals surface area contributed by atoms with Crippen molar-refractivity contribution in [3.05, 3.63) is 62.7 Å². The maximum absolute atomic E-state index is 14.6. The summed E-state index contributed by atoms with van der Waals surface area (Å²) in [6.45, 7) is 4.49. The number of para-hydroxylation sites is 2. The summed E-state index contributed by atoms with van der Waals surface area (Å²) in [7, 11) is 0. The Morgan fingerprint density at radius 1 is 1.07 bits per heavy atom. The number of aromatic hydroxyl groups is 1. The first kappa shape index (κ1) is 19.3. The molecule has 1 heterocycles. The SMILES string of the molecule is CCn1c(Cl)c(-c2cc(Oc3ccccc3O)c(Cl)cc2F)c(=O)n1CC. The van der Waals surface area contributed by atoms with Gasteiger partial charge in [-0.25, -0.2) is 9.07 Å². The molecule has 27 heavy (non-hydrogen) atoms. The quantitative estimate of drug-likeness (QED) is 0.620. The number of phenols is 1. The van der Waals surface area contributed by atoms with Crippen LogP contribution in [-0.2, 0) is 13.1 Å². The van der Waals surface area contributed by atoms with Crippen LogP contribution in [0.15, 0.2) is 41.2 Å². The van der Waals surface area contributed by atoms with E-state index in [-0.39, 0.29) is 38.6 Å². The largest absolute Gasteiger partial charge is 0.504 e. The van der Waals surface area contributed by atoms with Crippen LogP contribution in [0.4, 0.5) is 4.39 Å². The van der Waals surface area contributed by atoms with Crippen molar-refractivity contribution in [1.29, 1.82) is 0 Å². The monoisotopic (exact) mass is 410 g/mol. The average Bonchev–Trinajstić information content (AvgIpc) is 2.88. The Hall–Kier alpha value is -2.44. The van der Waals surface area contributed by atoms with Crippen LogP contribution in [0.3, 0.4) is 0 Å². The lowest BCUT2D eigenvalue weighted by Crippen LogP contribution is -2.22. The van der Waals surface area contributed by atoms with E-state index in [2.05, 4.69) is 0 Å². The van der Waals surface area contributed by atoms with Crippen LogP contribution in [0.25, 0.3) is 11.1 Å². The first-order valence-electron chi connectivity index (χ1n) is 8.33. The molecule has 142 valence electrons. The fraction of sp³-hybridized carbons (Fsp3) is 0.211. The number of hydrogen-bond acceptors (Lipinski definition) is 3. The zero-order valence-corrected chi connectivity index (χ0v) is 16.2. The Balaban J connectivity index is 2.17. The summed E-state index contributed by atoms with van der Waals surface area (Å²) in [5.41, 5.74) is -0.384. The lowest BCUT2D eigenvalue weighted by molar-refractivity contribution is 0.411. The van der Waals surface area contributed by atoms with Crippen LogP contribution in [0.5, 0.6) is 17.2 Å². The van der Waals surface area contributed by atoms with Gasteiger partial charge in [0.15, 0.2) is 11.5 Å². The highest BCUT2D eigenvalue weighted by molar-refractivity contribution is 6.33. The lowest BCUT2D eigenvalue weighted by Gasteiger charge is -2.11. The van der Waals surface area contributed by atoms with Gasteiger partial charge in [0, 0.05) is 18.7 Å². The van der Waals surface area contributed by atoms with Crippen molar-refractivity contribution in [2.24, 2.45) is 0 Å². The summed E-state index contributed by atoms with van der Waals surface area (Å²) in [4.78, 5) is 12.7. The van der Waals surface area contributed by atoms with E-state index in [0.29, 0.717) is 13.1 Å². The molecular formula is C19H17Cl2FN2O3. The molecule has 0 atom stereocenters. The predicted octanol–water partition coefficient (Wildman–Crippen LogP) is 5.30. The normalized spacial score (nSPS) is 11.0. The molecule has 0 saturated carbocycles. The van der Waals surface area contributed by atoms with E-state index in [1.165, 1.54) is 16.8 Å². The number of hydrogen-bond donors (Lipinski definition) is 1. The number of ether oxygens (including phenoxy) is 1. The first-order chi connectivity index (χ1) is 12.9. The van der Waals surface area contributed by atoms with Crippen molar-refractivity contribution in [2.45, 2.75) is 26.9 Å². The molecule has 0 aliphatic heterocycles. The van der Waals surface area contributed by atoms with Crippen molar-refractivity contribution < 1.29 is 14.2 Å². The van der Waals surface area contributed by atoms with Crippen molar-refractivity contribution >= 4 is 23.2 Å². The molecule has 0 fully saturated rings. The zero-order chi connectivity index (χ0) is 19.7. The second-order valence-corrected chi connectivity index (χ2v) is 6.50. The molecule has 3 rings (SSSR count). The van der Waals surface area contributed by atoms with E-state index in [1.807, 2.05) is 6.92 Å². The van der Waals surface area contributed by atoms with E-state index >= 15 is 0 Å². The minimum Gasteiger partial charge on any atom is -0.504 e. The van der Waals surface area contributed by atoms with Crippen molar-refractivity contribution in [1.82, 2.24) is 9.36 Å². The smallest absolute Gasteiger partial charge is 0.276 e. The minimum atomic E-state index is -0.694. The Bertz CT molecular complexity index is 1060. The molecule has 1 N–H and O–H groups in total. The van der Waals surface area contributed by atoms with Gasteiger partial charge >= 0.3 is 0 Å². The molecule has 3 aromatic rings. The topological polar surface area (TPSA) is 56.4 Å². The molecule has 0 spiro atoms. The molecule has 1 aromatic heterocycles. The molecule has 0 radical (unpaired) electrons. The van der Waals surface area contributed by atoms with Gasteiger partial charge < -0.3 is 9.84 Å². The maximum Gasteiger partial charge on any atom is 0.276 e. The lowest BCUT2D eigenvalue weighted by atomic mass is 10.1. The Morgan fingerprint density at radius 2 is 1.74 bits per heavy atom. The summed E-state index contributed by atoms with van der Waals surface area (Å²) in [5.74, 6) is -0.541. The van der Waals surface area contributed by atoms with Gasteiger partial charge in [-0.3, -0.25) is 9.48 Å². The second-order valence-electron chi connectivity index (χ2n) is 5.73. The Labute approximate surface area is 165 Å². The number of phenolic OH excluding ortho intramolecular Hbond substituents is 1. The Morgan fingerprint density at radius 3 is 2.33 bits per heavy atom. The van der Waals surface area contributed by atoms with E-state index in [0.717, 1.165) is 6.07 Å². The predicted molar refractivity (Wildman–Crippen MR) is 104 cm³/mol. The van der Waals surface area contributed by atoms with Gasteiger partial charge in [-0.1, -0.05) is 35.3 Å². The van der Waals surface area contributed by atoms with Crippen LogP contribution in [0.2, 0.25) is 10.2 Å². The fourth-order valence-corrected chi connectivity index (χ4v) is 3.46. The van der Waals surface area contributed by atoms with E-state index in [4.69, 9.17) is 27.9 Å². The molecule has 0 amide bonds. The van der Waals surface area contributed by atoms with Gasteiger partial charge in [0.1, 0.15) is 16.7 Å². The van der Waals surface area contributed by atoms with Crippen molar-refractivity contribution in [2.75, 3.05) is 0 Å². The van der Waals surface area contributed by atoms with Crippen LogP contribution < -0.4 is 10.3 Å². The van der Waals surface area contributed by atoms with Gasteiger partial charge in [0.05, 0.1) is 10.6 Å². The molecule has 2 aromatic carbocycles. The molecule has 0 bridgehead atoms. The highest BCUT2D eigenvalue weighted by atomic mass is 35.5. The Kier molecular flexibility index (Phi) is 5.48. The summed E-state index contributed by atoms with van der Waals surface area (Å²) in [6, 6.07) is 8.67. The summed E-state index contributed by atoms with van der Waals surface area (Å²) < 4.78 is 23.3. The van der Waals surface area contributed by atoms with Gasteiger partial charge in [0.2, 0.25) is 0 Å². The van der Waals surface area contributed by atoms with Gasteiger partial charge in [-0.2, -0.15) is 0 Å². The highest BCUT2D eigenvalue weighted by Crippen LogP contribution is 2.39. The molecule has 8 heteroatoms. The van der Waals surface area contributed by atoms with Crippen molar-refractivity contribution in [3.8, 4) is 28.4 Å². The highest BCUT2D eigenvalue weighted by Gasteiger charge is 2.23. The van der Waals surface area contributed by atoms with Crippen LogP contribution >= 0.6 is 23.2 Å². The van der Waals surface area contributed by atoms with Crippen molar-refractivity contribution in [3.63, 3.8) is 0 Å². The summed E-state index contributed by atoms with van der Waals surface area (Å²) in [6.07, 6.45) is 0.